The van der Waals surface area contributed by atoms with Gasteiger partial charge in [-0.25, -0.2) is 9.48 Å². The number of hydrogen-bond donors (Lipinski definition) is 1. The molecule has 1 aliphatic rings. The summed E-state index contributed by atoms with van der Waals surface area (Å²) in [5, 5.41) is 16.8. The Morgan fingerprint density at radius 3 is 2.62 bits per heavy atom. The van der Waals surface area contributed by atoms with Crippen LogP contribution in [0.4, 0.5) is 0 Å². The molecule has 0 spiro atoms. The Morgan fingerprint density at radius 1 is 1.28 bits per heavy atom. The number of ether oxygens (including phenoxy) is 1. The number of hydrogen-bond acceptors (Lipinski definition) is 5. The summed E-state index contributed by atoms with van der Waals surface area (Å²) in [6.07, 6.45) is 5.57. The molecule has 2 aromatic rings. The van der Waals surface area contributed by atoms with Crippen LogP contribution in [0.25, 0.3) is 11.8 Å². The minimum absolute atomic E-state index is 0.154. The molecule has 150 valence electrons. The van der Waals surface area contributed by atoms with E-state index in [1.165, 1.54) is 6.08 Å². The average Bonchev–Trinajstić information content (AvgIpc) is 3.33. The Bertz CT molecular complexity index is 964. The maximum atomic E-state index is 12.3. The van der Waals surface area contributed by atoms with Crippen molar-refractivity contribution in [2.45, 2.75) is 45.6 Å². The van der Waals surface area contributed by atoms with E-state index < -0.39 is 12.6 Å². The van der Waals surface area contributed by atoms with E-state index >= 15 is 0 Å². The molecule has 1 N–H and O–H groups in total. The Morgan fingerprint density at radius 2 is 1.97 bits per heavy atom. The third-order valence-corrected chi connectivity index (χ3v) is 5.03. The highest BCUT2D eigenvalue weighted by molar-refractivity contribution is 5.99. The summed E-state index contributed by atoms with van der Waals surface area (Å²) in [7, 11) is 0. The predicted molar refractivity (Wildman–Crippen MR) is 108 cm³/mol. The number of nitriles is 1. The monoisotopic (exact) mass is 392 g/mol. The normalized spacial score (nSPS) is 14.4. The van der Waals surface area contributed by atoms with Crippen molar-refractivity contribution in [2.75, 3.05) is 6.61 Å². The number of para-hydroxylation sites is 1. The van der Waals surface area contributed by atoms with Gasteiger partial charge in [0, 0.05) is 17.3 Å². The number of nitrogens with one attached hydrogen (secondary N) is 1. The van der Waals surface area contributed by atoms with Gasteiger partial charge >= 0.3 is 5.97 Å². The molecule has 1 aliphatic carbocycles. The van der Waals surface area contributed by atoms with Gasteiger partial charge in [0.05, 0.1) is 11.4 Å². The fourth-order valence-electron chi connectivity index (χ4n) is 3.51. The van der Waals surface area contributed by atoms with E-state index in [-0.39, 0.29) is 17.5 Å². The van der Waals surface area contributed by atoms with E-state index in [2.05, 4.69) is 10.4 Å². The molecule has 0 saturated heterocycles. The number of amides is 1. The Balaban J connectivity index is 1.71. The summed E-state index contributed by atoms with van der Waals surface area (Å²) in [6, 6.07) is 11.6. The SMILES string of the molecule is Cc1nn(-c2ccccc2)c(C)c1/C=C(\C#N)C(=O)OCC(=O)NC1CCCC1. The molecule has 1 amide bonds. The van der Waals surface area contributed by atoms with Crippen LogP contribution in [0.3, 0.4) is 0 Å². The molecule has 1 saturated carbocycles. The zero-order valence-corrected chi connectivity index (χ0v) is 16.6. The molecule has 7 heteroatoms. The molecule has 0 atom stereocenters. The van der Waals surface area contributed by atoms with Crippen LogP contribution >= 0.6 is 0 Å². The lowest BCUT2D eigenvalue weighted by Crippen LogP contribution is -2.36. The number of esters is 1. The summed E-state index contributed by atoms with van der Waals surface area (Å²) >= 11 is 0. The summed E-state index contributed by atoms with van der Waals surface area (Å²) in [5.74, 6) is -1.16. The van der Waals surface area contributed by atoms with Crippen LogP contribution in [0.2, 0.25) is 0 Å². The molecule has 1 heterocycles. The van der Waals surface area contributed by atoms with Gasteiger partial charge in [-0.2, -0.15) is 10.4 Å². The van der Waals surface area contributed by atoms with E-state index in [0.29, 0.717) is 11.3 Å². The van der Waals surface area contributed by atoms with Gasteiger partial charge in [-0.3, -0.25) is 4.79 Å². The third kappa shape index (κ3) is 4.91. The highest BCUT2D eigenvalue weighted by Gasteiger charge is 2.20. The fourth-order valence-corrected chi connectivity index (χ4v) is 3.51. The zero-order valence-electron chi connectivity index (χ0n) is 16.6. The van der Waals surface area contributed by atoms with Gasteiger partial charge in [0.1, 0.15) is 11.6 Å². The number of benzene rings is 1. The lowest BCUT2D eigenvalue weighted by atomic mass is 10.1. The van der Waals surface area contributed by atoms with Crippen molar-refractivity contribution in [3.63, 3.8) is 0 Å². The maximum Gasteiger partial charge on any atom is 0.349 e. The smallest absolute Gasteiger partial charge is 0.349 e. The molecular weight excluding hydrogens is 368 g/mol. The first-order chi connectivity index (χ1) is 14.0. The second kappa shape index (κ2) is 9.20. The van der Waals surface area contributed by atoms with Crippen LogP contribution < -0.4 is 5.32 Å². The summed E-state index contributed by atoms with van der Waals surface area (Å²) in [4.78, 5) is 24.2. The van der Waals surface area contributed by atoms with Crippen molar-refractivity contribution >= 4 is 18.0 Å². The second-order valence-electron chi connectivity index (χ2n) is 7.13. The van der Waals surface area contributed by atoms with Gasteiger partial charge in [-0.1, -0.05) is 31.0 Å². The largest absolute Gasteiger partial charge is 0.451 e. The molecule has 0 radical (unpaired) electrons. The molecule has 0 bridgehead atoms. The fraction of sp³-hybridized carbons (Fsp3) is 0.364. The number of nitrogens with zero attached hydrogens (tertiary/aromatic N) is 3. The minimum atomic E-state index is -0.819. The van der Waals surface area contributed by atoms with Crippen molar-refractivity contribution in [3.8, 4) is 11.8 Å². The quantitative estimate of drug-likeness (QED) is 0.463. The second-order valence-corrected chi connectivity index (χ2v) is 7.13. The van der Waals surface area contributed by atoms with Crippen LogP contribution in [0, 0.1) is 25.2 Å². The first-order valence-electron chi connectivity index (χ1n) is 9.69. The standard InChI is InChI=1S/C22H24N4O3/c1-15-20(16(2)26(25-15)19-10-4-3-5-11-19)12-17(13-23)22(28)29-14-21(27)24-18-8-6-7-9-18/h3-5,10-12,18H,6-9,14H2,1-2H3,(H,24,27)/b17-12+. The first-order valence-corrected chi connectivity index (χ1v) is 9.69. The molecule has 7 nitrogen and oxygen atoms in total. The Hall–Kier alpha value is -3.40. The lowest BCUT2D eigenvalue weighted by Gasteiger charge is -2.11. The zero-order chi connectivity index (χ0) is 20.8. The summed E-state index contributed by atoms with van der Waals surface area (Å²) < 4.78 is 6.80. The number of carbonyl (C=O) groups is 2. The maximum absolute atomic E-state index is 12.3. The highest BCUT2D eigenvalue weighted by atomic mass is 16.5. The van der Waals surface area contributed by atoms with Crippen LogP contribution in [0.5, 0.6) is 0 Å². The van der Waals surface area contributed by atoms with E-state index in [9.17, 15) is 14.9 Å². The van der Waals surface area contributed by atoms with E-state index in [1.807, 2.05) is 50.2 Å². The Labute approximate surface area is 170 Å². The molecular formula is C22H24N4O3. The molecule has 0 unspecified atom stereocenters. The van der Waals surface area contributed by atoms with Crippen LogP contribution in [-0.4, -0.2) is 34.3 Å². The van der Waals surface area contributed by atoms with Gasteiger partial charge in [-0.05, 0) is 44.9 Å². The van der Waals surface area contributed by atoms with E-state index in [1.54, 1.807) is 4.68 Å². The van der Waals surface area contributed by atoms with Gasteiger partial charge in [0.25, 0.3) is 5.91 Å². The summed E-state index contributed by atoms with van der Waals surface area (Å²) in [5.41, 5.74) is 2.88. The molecule has 1 aromatic heterocycles. The van der Waals surface area contributed by atoms with Crippen LogP contribution in [-0.2, 0) is 14.3 Å². The predicted octanol–water partition coefficient (Wildman–Crippen LogP) is 3.00. The molecule has 29 heavy (non-hydrogen) atoms. The van der Waals surface area contributed by atoms with Crippen molar-refractivity contribution in [3.05, 3.63) is 52.9 Å². The van der Waals surface area contributed by atoms with Crippen LogP contribution in [0.15, 0.2) is 35.9 Å². The number of carbonyl (C=O) groups excluding carboxylic acids is 2. The highest BCUT2D eigenvalue weighted by Crippen LogP contribution is 2.21. The van der Waals surface area contributed by atoms with E-state index in [4.69, 9.17) is 4.74 Å². The summed E-state index contributed by atoms with van der Waals surface area (Å²) in [6.45, 7) is 3.29. The Kier molecular flexibility index (Phi) is 6.45. The van der Waals surface area contributed by atoms with Gasteiger partial charge in [0.15, 0.2) is 6.61 Å². The van der Waals surface area contributed by atoms with Crippen LogP contribution in [0.1, 0.15) is 42.6 Å². The van der Waals surface area contributed by atoms with E-state index in [0.717, 1.165) is 37.1 Å². The van der Waals surface area contributed by atoms with Crippen molar-refractivity contribution < 1.29 is 14.3 Å². The number of aromatic nitrogens is 2. The van der Waals surface area contributed by atoms with Crippen molar-refractivity contribution in [1.29, 1.82) is 5.26 Å². The van der Waals surface area contributed by atoms with Gasteiger partial charge < -0.3 is 10.1 Å². The molecule has 1 fully saturated rings. The molecule has 3 rings (SSSR count). The topological polar surface area (TPSA) is 97.0 Å². The first kappa shape index (κ1) is 20.3. The van der Waals surface area contributed by atoms with Gasteiger partial charge in [-0.15, -0.1) is 0 Å². The number of aryl methyl sites for hydroxylation is 1. The third-order valence-electron chi connectivity index (χ3n) is 5.03. The van der Waals surface area contributed by atoms with Crippen molar-refractivity contribution in [2.24, 2.45) is 0 Å². The minimum Gasteiger partial charge on any atom is -0.451 e. The van der Waals surface area contributed by atoms with Crippen molar-refractivity contribution in [1.82, 2.24) is 15.1 Å². The average molecular weight is 392 g/mol. The van der Waals surface area contributed by atoms with Gasteiger partial charge in [0.2, 0.25) is 0 Å². The molecule has 1 aromatic carbocycles. The lowest BCUT2D eigenvalue weighted by molar-refractivity contribution is -0.144. The molecule has 0 aliphatic heterocycles. The number of rotatable bonds is 6.